The summed E-state index contributed by atoms with van der Waals surface area (Å²) in [5.74, 6) is -0.840. The van der Waals surface area contributed by atoms with Crippen molar-refractivity contribution in [3.05, 3.63) is 93.9 Å². The lowest BCUT2D eigenvalue weighted by molar-refractivity contribution is -0.119. The highest BCUT2D eigenvalue weighted by Gasteiger charge is 2.21. The number of carbonyl (C=O) groups excluding carboxylic acids is 2. The van der Waals surface area contributed by atoms with Crippen LogP contribution in [0.2, 0.25) is 0 Å². The molecule has 0 radical (unpaired) electrons. The normalized spacial score (nSPS) is 10.8. The highest BCUT2D eigenvalue weighted by Crippen LogP contribution is 2.22. The van der Waals surface area contributed by atoms with Crippen LogP contribution >= 0.6 is 11.3 Å². The van der Waals surface area contributed by atoms with Crippen LogP contribution in [0, 0.1) is 0 Å². The van der Waals surface area contributed by atoms with Gasteiger partial charge in [0.15, 0.2) is 0 Å². The first-order chi connectivity index (χ1) is 15.6. The highest BCUT2D eigenvalue weighted by molar-refractivity contribution is 7.17. The van der Waals surface area contributed by atoms with Crippen LogP contribution in [0.5, 0.6) is 0 Å². The largest absolute Gasteiger partial charge is 0.462 e. The molecule has 0 bridgehead atoms. The average molecular weight is 448 g/mol. The van der Waals surface area contributed by atoms with E-state index in [0.29, 0.717) is 11.4 Å². The number of esters is 1. The first-order valence-corrected chi connectivity index (χ1v) is 11.0. The zero-order valence-corrected chi connectivity index (χ0v) is 18.2. The second-order valence-electron chi connectivity index (χ2n) is 7.03. The van der Waals surface area contributed by atoms with Gasteiger partial charge in [0.1, 0.15) is 11.4 Å². The van der Waals surface area contributed by atoms with Crippen LogP contribution in [-0.2, 0) is 22.6 Å². The second-order valence-corrected chi connectivity index (χ2v) is 7.89. The Kier molecular flexibility index (Phi) is 6.42. The van der Waals surface area contributed by atoms with Crippen molar-refractivity contribution in [3.8, 4) is 0 Å². The number of hydrogen-bond acceptors (Lipinski definition) is 6. The zero-order chi connectivity index (χ0) is 22.5. The topological polar surface area (TPSA) is 81.5 Å². The van der Waals surface area contributed by atoms with Gasteiger partial charge in [0, 0.05) is 11.1 Å². The molecule has 8 heteroatoms. The summed E-state index contributed by atoms with van der Waals surface area (Å²) in [6.07, 6.45) is 1.35. The summed E-state index contributed by atoms with van der Waals surface area (Å²) in [5, 5.41) is 1.74. The summed E-state index contributed by atoms with van der Waals surface area (Å²) < 4.78 is 6.29. The molecule has 2 aromatic carbocycles. The predicted molar refractivity (Wildman–Crippen MR) is 124 cm³/mol. The molecule has 0 atom stereocenters. The minimum atomic E-state index is -0.572. The Bertz CT molecular complexity index is 1300. The molecule has 162 valence electrons. The summed E-state index contributed by atoms with van der Waals surface area (Å²) in [4.78, 5) is 45.0. The number of nitrogens with zero attached hydrogens (tertiary/aromatic N) is 3. The Morgan fingerprint density at radius 3 is 2.44 bits per heavy atom. The molecule has 0 fully saturated rings. The lowest BCUT2D eigenvalue weighted by Crippen LogP contribution is -2.36. The van der Waals surface area contributed by atoms with E-state index >= 15 is 0 Å². The maximum absolute atomic E-state index is 13.3. The summed E-state index contributed by atoms with van der Waals surface area (Å²) in [5.41, 5.74) is 1.43. The highest BCUT2D eigenvalue weighted by atomic mass is 32.1. The van der Waals surface area contributed by atoms with Crippen molar-refractivity contribution in [3.63, 3.8) is 0 Å². The number of aromatic nitrogens is 2. The van der Waals surface area contributed by atoms with E-state index in [2.05, 4.69) is 4.98 Å². The SMILES string of the molecule is CCOC(=O)c1csc2ncn(CC(=O)N(Cc3ccccc3)c3ccccc3)c(=O)c12. The fourth-order valence-corrected chi connectivity index (χ4v) is 4.23. The van der Waals surface area contributed by atoms with Gasteiger partial charge in [-0.15, -0.1) is 11.3 Å². The molecule has 0 spiro atoms. The Balaban J connectivity index is 1.67. The lowest BCUT2D eigenvalue weighted by atomic mass is 10.2. The third kappa shape index (κ3) is 4.45. The van der Waals surface area contributed by atoms with E-state index in [1.54, 1.807) is 17.2 Å². The van der Waals surface area contributed by atoms with Gasteiger partial charge in [0.25, 0.3) is 5.56 Å². The average Bonchev–Trinajstić information content (AvgIpc) is 3.26. The molecule has 1 amide bonds. The van der Waals surface area contributed by atoms with Crippen molar-refractivity contribution in [2.24, 2.45) is 0 Å². The summed E-state index contributed by atoms with van der Waals surface area (Å²) in [6.45, 7) is 2.06. The first-order valence-electron chi connectivity index (χ1n) is 10.1. The predicted octanol–water partition coefficient (Wildman–Crippen LogP) is 3.87. The van der Waals surface area contributed by atoms with Gasteiger partial charge >= 0.3 is 5.97 Å². The van der Waals surface area contributed by atoms with Crippen molar-refractivity contribution in [2.45, 2.75) is 20.0 Å². The van der Waals surface area contributed by atoms with Gasteiger partial charge in [-0.2, -0.15) is 0 Å². The van der Waals surface area contributed by atoms with E-state index in [1.165, 1.54) is 22.2 Å². The van der Waals surface area contributed by atoms with Crippen LogP contribution in [-0.4, -0.2) is 28.0 Å². The Morgan fingerprint density at radius 2 is 1.75 bits per heavy atom. The molecule has 7 nitrogen and oxygen atoms in total. The molecule has 2 aromatic heterocycles. The van der Waals surface area contributed by atoms with Crippen molar-refractivity contribution < 1.29 is 14.3 Å². The molecule has 0 aliphatic heterocycles. The quantitative estimate of drug-likeness (QED) is 0.402. The number of amides is 1. The summed E-state index contributed by atoms with van der Waals surface area (Å²) in [6, 6.07) is 18.9. The van der Waals surface area contributed by atoms with E-state index in [1.807, 2.05) is 60.7 Å². The van der Waals surface area contributed by atoms with Crippen molar-refractivity contribution in [1.29, 1.82) is 0 Å². The number of carbonyl (C=O) groups is 2. The van der Waals surface area contributed by atoms with Crippen molar-refractivity contribution >= 4 is 39.1 Å². The monoisotopic (exact) mass is 447 g/mol. The fraction of sp³-hybridized carbons (Fsp3) is 0.167. The standard InChI is InChI=1S/C24H21N3O4S/c1-2-31-24(30)19-15-32-22-21(19)23(29)26(16-25-22)14-20(28)27(18-11-7-4-8-12-18)13-17-9-5-3-6-10-17/h3-12,15-16H,2,13-14H2,1H3. The number of ether oxygens (including phenoxy) is 1. The fourth-order valence-electron chi connectivity index (χ4n) is 3.37. The molecule has 0 unspecified atom stereocenters. The number of thiophene rings is 1. The molecular formula is C24H21N3O4S. The van der Waals surface area contributed by atoms with E-state index in [9.17, 15) is 14.4 Å². The van der Waals surface area contributed by atoms with Gasteiger partial charge in [0.05, 0.1) is 30.4 Å². The number of anilines is 1. The molecule has 32 heavy (non-hydrogen) atoms. The van der Waals surface area contributed by atoms with Crippen LogP contribution in [0.3, 0.4) is 0 Å². The number of benzene rings is 2. The van der Waals surface area contributed by atoms with Gasteiger partial charge < -0.3 is 9.64 Å². The molecule has 4 rings (SSSR count). The van der Waals surface area contributed by atoms with Crippen LogP contribution in [0.15, 0.2) is 77.2 Å². The molecule has 0 aliphatic carbocycles. The van der Waals surface area contributed by atoms with Crippen molar-refractivity contribution in [1.82, 2.24) is 9.55 Å². The maximum Gasteiger partial charge on any atom is 0.339 e. The molecule has 0 saturated heterocycles. The number of fused-ring (bicyclic) bond motifs is 1. The number of rotatable bonds is 7. The summed E-state index contributed by atoms with van der Waals surface area (Å²) in [7, 11) is 0. The minimum absolute atomic E-state index is 0.176. The van der Waals surface area contributed by atoms with E-state index in [0.717, 1.165) is 11.3 Å². The third-order valence-electron chi connectivity index (χ3n) is 4.91. The molecule has 4 aromatic rings. The van der Waals surface area contributed by atoms with Crippen LogP contribution in [0.1, 0.15) is 22.8 Å². The van der Waals surface area contributed by atoms with Crippen LogP contribution in [0.25, 0.3) is 10.2 Å². The third-order valence-corrected chi connectivity index (χ3v) is 5.80. The molecule has 0 saturated carbocycles. The smallest absolute Gasteiger partial charge is 0.339 e. The molecular weight excluding hydrogens is 426 g/mol. The van der Waals surface area contributed by atoms with E-state index in [4.69, 9.17) is 4.74 Å². The number of para-hydroxylation sites is 1. The summed E-state index contributed by atoms with van der Waals surface area (Å²) >= 11 is 1.19. The Labute approximate surface area is 188 Å². The van der Waals surface area contributed by atoms with Gasteiger partial charge in [0.2, 0.25) is 5.91 Å². The van der Waals surface area contributed by atoms with Gasteiger partial charge in [-0.05, 0) is 24.6 Å². The van der Waals surface area contributed by atoms with E-state index in [-0.39, 0.29) is 30.0 Å². The van der Waals surface area contributed by atoms with Crippen molar-refractivity contribution in [2.75, 3.05) is 11.5 Å². The Morgan fingerprint density at radius 1 is 1.06 bits per heavy atom. The maximum atomic E-state index is 13.3. The molecule has 0 N–H and O–H groups in total. The van der Waals surface area contributed by atoms with Gasteiger partial charge in [-0.25, -0.2) is 9.78 Å². The zero-order valence-electron chi connectivity index (χ0n) is 17.4. The van der Waals surface area contributed by atoms with Crippen LogP contribution < -0.4 is 10.5 Å². The second kappa shape index (κ2) is 9.57. The Hall–Kier alpha value is -3.78. The van der Waals surface area contributed by atoms with Gasteiger partial charge in [-0.3, -0.25) is 14.2 Å². The number of hydrogen-bond donors (Lipinski definition) is 0. The van der Waals surface area contributed by atoms with Gasteiger partial charge in [-0.1, -0.05) is 48.5 Å². The first kappa shape index (κ1) is 21.5. The molecule has 0 aliphatic rings. The van der Waals surface area contributed by atoms with Crippen LogP contribution in [0.4, 0.5) is 5.69 Å². The molecule has 2 heterocycles. The minimum Gasteiger partial charge on any atom is -0.462 e. The lowest BCUT2D eigenvalue weighted by Gasteiger charge is -2.23. The van der Waals surface area contributed by atoms with E-state index < -0.39 is 11.5 Å².